The lowest BCUT2D eigenvalue weighted by Gasteiger charge is -2.37. The molecular weight excluding hydrogens is 481 g/mol. The highest BCUT2D eigenvalue weighted by Crippen LogP contribution is 2.39. The Labute approximate surface area is 211 Å². The molecule has 0 unspecified atom stereocenters. The van der Waals surface area contributed by atoms with Crippen molar-refractivity contribution in [3.05, 3.63) is 84.1 Å². The largest absolute Gasteiger partial charge is 0.441 e. The van der Waals surface area contributed by atoms with Gasteiger partial charge >= 0.3 is 12.3 Å². The van der Waals surface area contributed by atoms with E-state index in [1.165, 1.54) is 6.07 Å². The van der Waals surface area contributed by atoms with Crippen LogP contribution in [0.3, 0.4) is 0 Å². The summed E-state index contributed by atoms with van der Waals surface area (Å²) in [6.07, 6.45) is -1.85. The van der Waals surface area contributed by atoms with Crippen molar-refractivity contribution in [3.8, 4) is 11.1 Å². The van der Waals surface area contributed by atoms with Crippen LogP contribution in [0.15, 0.2) is 72.9 Å². The lowest BCUT2D eigenvalue weighted by atomic mass is 9.90. The molecule has 9 heteroatoms. The number of nitrogens with zero attached hydrogens (tertiary/aromatic N) is 3. The molecule has 4 aromatic rings. The number of halogens is 3. The lowest BCUT2D eigenvalue weighted by molar-refractivity contribution is -0.137. The molecule has 190 valence electrons. The predicted molar refractivity (Wildman–Crippen MR) is 134 cm³/mol. The van der Waals surface area contributed by atoms with Crippen LogP contribution in [-0.2, 0) is 17.5 Å². The Morgan fingerprint density at radius 1 is 0.973 bits per heavy atom. The van der Waals surface area contributed by atoms with E-state index in [4.69, 9.17) is 4.74 Å². The fraction of sp³-hybridized carbons (Fsp3) is 0.286. The Bertz CT molecular complexity index is 1440. The summed E-state index contributed by atoms with van der Waals surface area (Å²) in [5.74, 6) is 0. The first kappa shape index (κ1) is 23.5. The number of carbonyl (C=O) groups is 1. The van der Waals surface area contributed by atoms with Crippen LogP contribution in [0.4, 0.5) is 23.7 Å². The van der Waals surface area contributed by atoms with E-state index >= 15 is 0 Å². The SMILES string of the molecule is O=C1OC2(CCN(Cc3cc(C(F)(F)F)ccc3-c3cccc4[nH]ncc34)CC2)CN1c1ccccc1. The summed E-state index contributed by atoms with van der Waals surface area (Å²) in [7, 11) is 0. The number of fused-ring (bicyclic) bond motifs is 1. The third-order valence-corrected chi connectivity index (χ3v) is 7.41. The third-order valence-electron chi connectivity index (χ3n) is 7.41. The number of nitrogens with one attached hydrogen (secondary N) is 1. The van der Waals surface area contributed by atoms with Crippen LogP contribution in [0.2, 0.25) is 0 Å². The van der Waals surface area contributed by atoms with E-state index in [9.17, 15) is 18.0 Å². The smallest absolute Gasteiger partial charge is 0.416 e. The summed E-state index contributed by atoms with van der Waals surface area (Å²) in [4.78, 5) is 16.4. The zero-order valence-electron chi connectivity index (χ0n) is 20.0. The second-order valence-electron chi connectivity index (χ2n) is 9.76. The molecule has 2 fully saturated rings. The van der Waals surface area contributed by atoms with Gasteiger partial charge in [-0.1, -0.05) is 36.4 Å². The van der Waals surface area contributed by atoms with E-state index in [1.807, 2.05) is 48.5 Å². The molecule has 3 heterocycles. The molecule has 0 saturated carbocycles. The Hall–Kier alpha value is -3.85. The van der Waals surface area contributed by atoms with Crippen molar-refractivity contribution in [2.75, 3.05) is 24.5 Å². The van der Waals surface area contributed by atoms with Crippen molar-refractivity contribution in [1.29, 1.82) is 0 Å². The number of aromatic amines is 1. The molecule has 2 aliphatic heterocycles. The van der Waals surface area contributed by atoms with Gasteiger partial charge in [0.1, 0.15) is 5.60 Å². The van der Waals surface area contributed by atoms with Gasteiger partial charge in [0.25, 0.3) is 0 Å². The highest BCUT2D eigenvalue weighted by atomic mass is 19.4. The van der Waals surface area contributed by atoms with E-state index in [0.717, 1.165) is 33.8 Å². The number of anilines is 1. The van der Waals surface area contributed by atoms with E-state index in [-0.39, 0.29) is 6.09 Å². The molecule has 2 aliphatic rings. The first-order valence-corrected chi connectivity index (χ1v) is 12.2. The molecule has 1 amide bonds. The molecule has 0 bridgehead atoms. The molecule has 2 saturated heterocycles. The molecule has 0 radical (unpaired) electrons. The summed E-state index contributed by atoms with van der Waals surface area (Å²) < 4.78 is 46.7. The van der Waals surface area contributed by atoms with Crippen molar-refractivity contribution in [3.63, 3.8) is 0 Å². The van der Waals surface area contributed by atoms with Crippen LogP contribution in [0.1, 0.15) is 24.0 Å². The van der Waals surface area contributed by atoms with E-state index in [2.05, 4.69) is 15.1 Å². The van der Waals surface area contributed by atoms with Crippen molar-refractivity contribution >= 4 is 22.7 Å². The maximum absolute atomic E-state index is 13.6. The summed E-state index contributed by atoms with van der Waals surface area (Å²) >= 11 is 0. The van der Waals surface area contributed by atoms with E-state index in [0.29, 0.717) is 44.6 Å². The maximum Gasteiger partial charge on any atom is 0.416 e. The minimum absolute atomic E-state index is 0.354. The third kappa shape index (κ3) is 4.44. The second kappa shape index (κ2) is 8.92. The molecule has 1 aromatic heterocycles. The van der Waals surface area contributed by atoms with E-state index < -0.39 is 17.3 Å². The lowest BCUT2D eigenvalue weighted by Crippen LogP contribution is -2.46. The average molecular weight is 507 g/mol. The van der Waals surface area contributed by atoms with Crippen molar-refractivity contribution < 1.29 is 22.7 Å². The van der Waals surface area contributed by atoms with Gasteiger partial charge in [-0.05, 0) is 47.0 Å². The Kier molecular flexibility index (Phi) is 5.67. The Morgan fingerprint density at radius 3 is 2.51 bits per heavy atom. The summed E-state index contributed by atoms with van der Waals surface area (Å²) in [5, 5.41) is 7.89. The highest BCUT2D eigenvalue weighted by molar-refractivity contribution is 5.95. The first-order valence-electron chi connectivity index (χ1n) is 12.2. The van der Waals surface area contributed by atoms with Gasteiger partial charge in [-0.25, -0.2) is 4.79 Å². The van der Waals surface area contributed by atoms with Crippen molar-refractivity contribution in [2.45, 2.75) is 31.2 Å². The molecule has 3 aromatic carbocycles. The molecule has 1 spiro atoms. The molecule has 6 nitrogen and oxygen atoms in total. The van der Waals surface area contributed by atoms with Crippen LogP contribution >= 0.6 is 0 Å². The van der Waals surface area contributed by atoms with Crippen LogP contribution in [0, 0.1) is 0 Å². The molecular formula is C28H25F3N4O2. The fourth-order valence-electron chi connectivity index (χ4n) is 5.42. The number of likely N-dealkylation sites (tertiary alicyclic amines) is 1. The zero-order valence-corrected chi connectivity index (χ0v) is 20.0. The van der Waals surface area contributed by atoms with E-state index in [1.54, 1.807) is 17.2 Å². The summed E-state index contributed by atoms with van der Waals surface area (Å²) in [6, 6.07) is 19.0. The number of piperidine rings is 1. The summed E-state index contributed by atoms with van der Waals surface area (Å²) in [6.45, 7) is 2.06. The molecule has 37 heavy (non-hydrogen) atoms. The normalized spacial score (nSPS) is 18.0. The predicted octanol–water partition coefficient (Wildman–Crippen LogP) is 6.24. The Balaban J connectivity index is 1.24. The van der Waals surface area contributed by atoms with Crippen LogP contribution in [0.25, 0.3) is 22.0 Å². The van der Waals surface area contributed by atoms with Gasteiger partial charge in [-0.15, -0.1) is 0 Å². The van der Waals surface area contributed by atoms with Gasteiger partial charge in [-0.2, -0.15) is 18.3 Å². The number of benzene rings is 3. The van der Waals surface area contributed by atoms with Gasteiger partial charge < -0.3 is 4.74 Å². The monoisotopic (exact) mass is 506 g/mol. The number of alkyl halides is 3. The quantitative estimate of drug-likeness (QED) is 0.356. The molecule has 0 atom stereocenters. The van der Waals surface area contributed by atoms with Crippen LogP contribution in [-0.4, -0.2) is 46.4 Å². The van der Waals surface area contributed by atoms with Crippen molar-refractivity contribution in [2.24, 2.45) is 0 Å². The number of aromatic nitrogens is 2. The topological polar surface area (TPSA) is 61.5 Å². The zero-order chi connectivity index (χ0) is 25.6. The number of para-hydroxylation sites is 1. The minimum atomic E-state index is -4.43. The number of carbonyl (C=O) groups excluding carboxylic acids is 1. The second-order valence-corrected chi connectivity index (χ2v) is 9.76. The average Bonchev–Trinajstić information content (AvgIpc) is 3.50. The van der Waals surface area contributed by atoms with Crippen LogP contribution < -0.4 is 4.90 Å². The number of hydrogen-bond donors (Lipinski definition) is 1. The van der Waals surface area contributed by atoms with Gasteiger partial charge in [0.2, 0.25) is 0 Å². The van der Waals surface area contributed by atoms with Crippen molar-refractivity contribution in [1.82, 2.24) is 15.1 Å². The standard InChI is InChI=1S/C28H25F3N4O2/c29-28(30,31)20-9-10-22(23-7-4-8-25-24(23)16-32-33-25)19(15-20)17-34-13-11-27(12-14-34)18-35(26(36)37-27)21-5-2-1-3-6-21/h1-10,15-16H,11-14,17-18H2,(H,32,33). The minimum Gasteiger partial charge on any atom is -0.441 e. The molecule has 0 aliphatic carbocycles. The number of ether oxygens (including phenoxy) is 1. The van der Waals surface area contributed by atoms with Gasteiger partial charge in [0, 0.05) is 43.5 Å². The summed E-state index contributed by atoms with van der Waals surface area (Å²) in [5.41, 5.74) is 2.58. The van der Waals surface area contributed by atoms with Gasteiger partial charge in [0.05, 0.1) is 23.8 Å². The number of amides is 1. The Morgan fingerprint density at radius 2 is 1.76 bits per heavy atom. The molecule has 1 N–H and O–H groups in total. The number of hydrogen-bond acceptors (Lipinski definition) is 4. The maximum atomic E-state index is 13.6. The fourth-order valence-corrected chi connectivity index (χ4v) is 5.42. The number of H-pyrrole nitrogens is 1. The number of rotatable bonds is 4. The van der Waals surface area contributed by atoms with Gasteiger partial charge in [0.15, 0.2) is 0 Å². The van der Waals surface area contributed by atoms with Gasteiger partial charge in [-0.3, -0.25) is 14.9 Å². The highest BCUT2D eigenvalue weighted by Gasteiger charge is 2.47. The first-order chi connectivity index (χ1) is 17.8. The molecule has 6 rings (SSSR count). The van der Waals surface area contributed by atoms with Crippen LogP contribution in [0.5, 0.6) is 0 Å².